The van der Waals surface area contributed by atoms with E-state index in [1.165, 1.54) is 19.3 Å². The lowest BCUT2D eigenvalue weighted by Crippen LogP contribution is -2.42. The summed E-state index contributed by atoms with van der Waals surface area (Å²) >= 11 is 1.74. The summed E-state index contributed by atoms with van der Waals surface area (Å²) in [7, 11) is 2.09. The summed E-state index contributed by atoms with van der Waals surface area (Å²) in [6.07, 6.45) is 3.82. The second-order valence-corrected chi connectivity index (χ2v) is 6.53. The van der Waals surface area contributed by atoms with E-state index in [0.717, 1.165) is 35.0 Å². The maximum atomic E-state index is 9.48. The lowest BCUT2D eigenvalue weighted by atomic mass is 10.0. The van der Waals surface area contributed by atoms with E-state index >= 15 is 0 Å². The Labute approximate surface area is 126 Å². The molecule has 1 aliphatic heterocycles. The topological polar surface area (TPSA) is 39.1 Å². The van der Waals surface area contributed by atoms with Crippen molar-refractivity contribution in [2.24, 2.45) is 0 Å². The Balaban J connectivity index is 2.14. The Hall–Kier alpha value is -1.18. The second-order valence-electron chi connectivity index (χ2n) is 5.22. The van der Waals surface area contributed by atoms with Gasteiger partial charge in [-0.1, -0.05) is 19.4 Å². The molecular formula is C16H23N3S. The molecule has 0 aliphatic carbocycles. The first-order valence-electron chi connectivity index (χ1n) is 7.36. The van der Waals surface area contributed by atoms with Gasteiger partial charge in [0, 0.05) is 24.5 Å². The Morgan fingerprint density at radius 2 is 2.30 bits per heavy atom. The molecule has 20 heavy (non-hydrogen) atoms. The van der Waals surface area contributed by atoms with Gasteiger partial charge in [0.25, 0.3) is 0 Å². The Bertz CT molecular complexity index is 475. The number of nitriles is 1. The van der Waals surface area contributed by atoms with Gasteiger partial charge in [-0.25, -0.2) is 0 Å². The van der Waals surface area contributed by atoms with Crippen molar-refractivity contribution in [2.75, 3.05) is 30.8 Å². The SMILES string of the molecule is CCSc1cccc(N(C)CC2CCCCN2)c1C#N. The predicted molar refractivity (Wildman–Crippen MR) is 86.5 cm³/mol. The minimum atomic E-state index is 0.544. The summed E-state index contributed by atoms with van der Waals surface area (Å²) < 4.78 is 0. The molecule has 108 valence electrons. The number of likely N-dealkylation sites (N-methyl/N-ethyl adjacent to an activating group) is 1. The molecule has 1 atom stereocenters. The zero-order valence-electron chi connectivity index (χ0n) is 12.4. The van der Waals surface area contributed by atoms with E-state index in [0.29, 0.717) is 6.04 Å². The van der Waals surface area contributed by atoms with Gasteiger partial charge in [0.15, 0.2) is 0 Å². The van der Waals surface area contributed by atoms with Gasteiger partial charge in [0.05, 0.1) is 11.3 Å². The molecule has 1 N–H and O–H groups in total. The van der Waals surface area contributed by atoms with Gasteiger partial charge in [-0.05, 0) is 37.3 Å². The first-order chi connectivity index (χ1) is 9.76. The highest BCUT2D eigenvalue weighted by atomic mass is 32.2. The largest absolute Gasteiger partial charge is 0.372 e. The summed E-state index contributed by atoms with van der Waals surface area (Å²) in [5.41, 5.74) is 1.87. The standard InChI is InChI=1S/C16H23N3S/c1-3-20-16-9-6-8-15(14(16)11-17)19(2)12-13-7-4-5-10-18-13/h6,8-9,13,18H,3-5,7,10,12H2,1-2H3. The predicted octanol–water partition coefficient (Wildman–Crippen LogP) is 3.25. The molecule has 0 bridgehead atoms. The fourth-order valence-electron chi connectivity index (χ4n) is 2.73. The van der Waals surface area contributed by atoms with Gasteiger partial charge in [-0.15, -0.1) is 11.8 Å². The number of rotatable bonds is 5. The van der Waals surface area contributed by atoms with E-state index in [9.17, 15) is 5.26 Å². The van der Waals surface area contributed by atoms with Crippen molar-refractivity contribution in [3.63, 3.8) is 0 Å². The summed E-state index contributed by atoms with van der Waals surface area (Å²) in [6.45, 7) is 4.21. The fourth-order valence-corrected chi connectivity index (χ4v) is 3.51. The average Bonchev–Trinajstić information content (AvgIpc) is 2.48. The van der Waals surface area contributed by atoms with Crippen molar-refractivity contribution in [2.45, 2.75) is 37.1 Å². The van der Waals surface area contributed by atoms with Gasteiger partial charge in [0.2, 0.25) is 0 Å². The van der Waals surface area contributed by atoms with Crippen molar-refractivity contribution >= 4 is 17.4 Å². The Morgan fingerprint density at radius 3 is 2.95 bits per heavy atom. The van der Waals surface area contributed by atoms with Crippen LogP contribution in [0.2, 0.25) is 0 Å². The lowest BCUT2D eigenvalue weighted by Gasteiger charge is -2.30. The fraction of sp³-hybridized carbons (Fsp3) is 0.562. The summed E-state index contributed by atoms with van der Waals surface area (Å²) in [5.74, 6) is 0.992. The van der Waals surface area contributed by atoms with Crippen LogP contribution in [0.5, 0.6) is 0 Å². The van der Waals surface area contributed by atoms with Crippen molar-refractivity contribution in [1.82, 2.24) is 5.32 Å². The van der Waals surface area contributed by atoms with E-state index in [2.05, 4.69) is 42.4 Å². The second kappa shape index (κ2) is 7.56. The third-order valence-electron chi connectivity index (χ3n) is 3.73. The number of hydrogen-bond donors (Lipinski definition) is 1. The zero-order chi connectivity index (χ0) is 14.4. The van der Waals surface area contributed by atoms with Gasteiger partial charge >= 0.3 is 0 Å². The number of nitrogens with one attached hydrogen (secondary N) is 1. The molecule has 0 saturated carbocycles. The van der Waals surface area contributed by atoms with Gasteiger partial charge in [-0.2, -0.15) is 5.26 Å². The third-order valence-corrected chi connectivity index (χ3v) is 4.67. The third kappa shape index (κ3) is 3.68. The first kappa shape index (κ1) is 15.2. The molecule has 0 aromatic heterocycles. The van der Waals surface area contributed by atoms with Crippen LogP contribution in [-0.2, 0) is 0 Å². The molecule has 1 saturated heterocycles. The zero-order valence-corrected chi connectivity index (χ0v) is 13.2. The average molecular weight is 289 g/mol. The van der Waals surface area contributed by atoms with Crippen LogP contribution < -0.4 is 10.2 Å². The van der Waals surface area contributed by atoms with Crippen LogP contribution in [0.3, 0.4) is 0 Å². The molecule has 4 heteroatoms. The molecule has 1 unspecified atom stereocenters. The smallest absolute Gasteiger partial charge is 0.103 e. The quantitative estimate of drug-likeness (QED) is 0.845. The molecular weight excluding hydrogens is 266 g/mol. The van der Waals surface area contributed by atoms with Crippen molar-refractivity contribution in [1.29, 1.82) is 5.26 Å². The van der Waals surface area contributed by atoms with Gasteiger partial charge in [-0.3, -0.25) is 0 Å². The maximum Gasteiger partial charge on any atom is 0.103 e. The van der Waals surface area contributed by atoms with Crippen LogP contribution in [0, 0.1) is 11.3 Å². The van der Waals surface area contributed by atoms with Crippen LogP contribution in [-0.4, -0.2) is 31.9 Å². The molecule has 1 heterocycles. The highest BCUT2D eigenvalue weighted by Crippen LogP contribution is 2.30. The maximum absolute atomic E-state index is 9.48. The summed E-state index contributed by atoms with van der Waals surface area (Å²) in [4.78, 5) is 3.32. The molecule has 3 nitrogen and oxygen atoms in total. The number of piperidine rings is 1. The van der Waals surface area contributed by atoms with Crippen LogP contribution in [0.1, 0.15) is 31.7 Å². The normalized spacial score (nSPS) is 18.6. The number of benzene rings is 1. The Morgan fingerprint density at radius 1 is 1.45 bits per heavy atom. The van der Waals surface area contributed by atoms with Crippen molar-refractivity contribution < 1.29 is 0 Å². The monoisotopic (exact) mass is 289 g/mol. The number of nitrogens with zero attached hydrogens (tertiary/aromatic N) is 2. The first-order valence-corrected chi connectivity index (χ1v) is 8.35. The van der Waals surface area contributed by atoms with Crippen LogP contribution >= 0.6 is 11.8 Å². The number of hydrogen-bond acceptors (Lipinski definition) is 4. The van der Waals surface area contributed by atoms with Crippen LogP contribution in [0.15, 0.2) is 23.1 Å². The van der Waals surface area contributed by atoms with Crippen LogP contribution in [0.4, 0.5) is 5.69 Å². The van der Waals surface area contributed by atoms with Gasteiger partial charge < -0.3 is 10.2 Å². The van der Waals surface area contributed by atoms with Gasteiger partial charge in [0.1, 0.15) is 6.07 Å². The molecule has 2 rings (SSSR count). The Kier molecular flexibility index (Phi) is 5.75. The van der Waals surface area contributed by atoms with Crippen molar-refractivity contribution in [3.8, 4) is 6.07 Å². The lowest BCUT2D eigenvalue weighted by molar-refractivity contribution is 0.403. The highest BCUT2D eigenvalue weighted by Gasteiger charge is 2.17. The van der Waals surface area contributed by atoms with E-state index in [1.54, 1.807) is 11.8 Å². The highest BCUT2D eigenvalue weighted by molar-refractivity contribution is 7.99. The number of anilines is 1. The van der Waals surface area contributed by atoms with E-state index in [-0.39, 0.29) is 0 Å². The molecule has 1 aliphatic rings. The summed E-state index contributed by atoms with van der Waals surface area (Å²) in [6, 6.07) is 9.08. The molecule has 1 fully saturated rings. The molecule has 0 amide bonds. The summed E-state index contributed by atoms with van der Waals surface area (Å²) in [5, 5.41) is 13.0. The number of thioether (sulfide) groups is 1. The van der Waals surface area contributed by atoms with E-state index in [4.69, 9.17) is 0 Å². The van der Waals surface area contributed by atoms with Crippen LogP contribution in [0.25, 0.3) is 0 Å². The molecule has 1 aromatic rings. The minimum Gasteiger partial charge on any atom is -0.372 e. The van der Waals surface area contributed by atoms with E-state index < -0.39 is 0 Å². The molecule has 0 spiro atoms. The molecule has 0 radical (unpaired) electrons. The molecule has 1 aromatic carbocycles. The van der Waals surface area contributed by atoms with Crippen molar-refractivity contribution in [3.05, 3.63) is 23.8 Å². The minimum absolute atomic E-state index is 0.544. The van der Waals surface area contributed by atoms with E-state index in [1.807, 2.05) is 6.07 Å².